The highest BCUT2D eigenvalue weighted by Crippen LogP contribution is 2.28. The Hall–Kier alpha value is -1.41. The molecule has 1 aromatic heterocycles. The SMILES string of the molecule is CN(c1ccncn1)C1CCN(S(=O)(=O)c2cc(Cl)cc(Cl)c2)CC1. The van der Waals surface area contributed by atoms with Gasteiger partial charge in [0.15, 0.2) is 0 Å². The molecule has 2 heterocycles. The Bertz CT molecular complexity index is 820. The average Bonchev–Trinajstić information content (AvgIpc) is 2.61. The molecule has 1 aliphatic rings. The summed E-state index contributed by atoms with van der Waals surface area (Å²) in [5, 5.41) is 0.619. The first kappa shape index (κ1) is 18.4. The minimum atomic E-state index is -3.60. The van der Waals surface area contributed by atoms with Crippen LogP contribution < -0.4 is 4.90 Å². The van der Waals surface area contributed by atoms with Gasteiger partial charge in [0.1, 0.15) is 12.1 Å². The second-order valence-corrected chi connectivity index (χ2v) is 8.73. The monoisotopic (exact) mass is 400 g/mol. The second kappa shape index (κ2) is 7.45. The van der Waals surface area contributed by atoms with Crippen LogP contribution in [0, 0.1) is 0 Å². The van der Waals surface area contributed by atoms with Crippen molar-refractivity contribution in [2.24, 2.45) is 0 Å². The van der Waals surface area contributed by atoms with Gasteiger partial charge in [0.05, 0.1) is 4.90 Å². The lowest BCUT2D eigenvalue weighted by Crippen LogP contribution is -2.45. The molecule has 0 saturated carbocycles. The molecular formula is C16H18Cl2N4O2S. The zero-order chi connectivity index (χ0) is 18.0. The van der Waals surface area contributed by atoms with E-state index in [1.165, 1.54) is 28.8 Å². The first-order valence-corrected chi connectivity index (χ1v) is 10.0. The molecule has 0 amide bonds. The van der Waals surface area contributed by atoms with E-state index in [9.17, 15) is 8.42 Å². The van der Waals surface area contributed by atoms with E-state index in [1.807, 2.05) is 13.1 Å². The second-order valence-electron chi connectivity index (χ2n) is 5.92. The molecule has 25 heavy (non-hydrogen) atoms. The van der Waals surface area contributed by atoms with Crippen LogP contribution in [-0.4, -0.2) is 48.9 Å². The van der Waals surface area contributed by atoms with Crippen molar-refractivity contribution in [3.05, 3.63) is 46.8 Å². The van der Waals surface area contributed by atoms with Gasteiger partial charge < -0.3 is 4.90 Å². The van der Waals surface area contributed by atoms with Gasteiger partial charge in [-0.3, -0.25) is 0 Å². The molecule has 6 nitrogen and oxygen atoms in total. The van der Waals surface area contributed by atoms with Crippen molar-refractivity contribution in [2.75, 3.05) is 25.0 Å². The first-order valence-electron chi connectivity index (χ1n) is 7.83. The van der Waals surface area contributed by atoms with Gasteiger partial charge in [-0.05, 0) is 37.1 Å². The highest BCUT2D eigenvalue weighted by Gasteiger charge is 2.31. The van der Waals surface area contributed by atoms with Gasteiger partial charge in [-0.25, -0.2) is 18.4 Å². The van der Waals surface area contributed by atoms with Gasteiger partial charge in [-0.15, -0.1) is 0 Å². The van der Waals surface area contributed by atoms with Crippen LogP contribution in [0.2, 0.25) is 10.0 Å². The summed E-state index contributed by atoms with van der Waals surface area (Å²) >= 11 is 11.9. The lowest BCUT2D eigenvalue weighted by Gasteiger charge is -2.36. The third-order valence-electron chi connectivity index (χ3n) is 4.37. The van der Waals surface area contributed by atoms with Crippen LogP contribution in [0.15, 0.2) is 41.7 Å². The predicted molar refractivity (Wildman–Crippen MR) is 98.7 cm³/mol. The Balaban J connectivity index is 1.71. The topological polar surface area (TPSA) is 66.4 Å². The fourth-order valence-electron chi connectivity index (χ4n) is 2.98. The van der Waals surface area contributed by atoms with Crippen LogP contribution in [0.25, 0.3) is 0 Å². The summed E-state index contributed by atoms with van der Waals surface area (Å²) in [6.45, 7) is 0.874. The first-order chi connectivity index (χ1) is 11.9. The number of benzene rings is 1. The van der Waals surface area contributed by atoms with E-state index in [1.54, 1.807) is 6.20 Å². The Kier molecular flexibility index (Phi) is 5.48. The summed E-state index contributed by atoms with van der Waals surface area (Å²) in [5.41, 5.74) is 0. The Morgan fingerprint density at radius 2 is 1.80 bits per heavy atom. The van der Waals surface area contributed by atoms with Crippen molar-refractivity contribution in [1.29, 1.82) is 0 Å². The maximum Gasteiger partial charge on any atom is 0.243 e. The number of hydrogen-bond acceptors (Lipinski definition) is 5. The van der Waals surface area contributed by atoms with E-state index in [0.29, 0.717) is 36.0 Å². The summed E-state index contributed by atoms with van der Waals surface area (Å²) in [4.78, 5) is 10.4. The van der Waals surface area contributed by atoms with Crippen LogP contribution in [0.4, 0.5) is 5.82 Å². The molecule has 2 aromatic rings. The largest absolute Gasteiger partial charge is 0.356 e. The van der Waals surface area contributed by atoms with Crippen molar-refractivity contribution in [3.63, 3.8) is 0 Å². The molecule has 134 valence electrons. The summed E-state index contributed by atoms with van der Waals surface area (Å²) in [5.74, 6) is 0.831. The summed E-state index contributed by atoms with van der Waals surface area (Å²) in [6, 6.07) is 6.45. The Morgan fingerprint density at radius 3 is 2.36 bits per heavy atom. The summed E-state index contributed by atoms with van der Waals surface area (Å²) in [7, 11) is -1.63. The van der Waals surface area contributed by atoms with Gasteiger partial charge in [0, 0.05) is 42.4 Å². The van der Waals surface area contributed by atoms with Gasteiger partial charge in [0.25, 0.3) is 0 Å². The molecule has 0 spiro atoms. The van der Waals surface area contributed by atoms with E-state index in [0.717, 1.165) is 5.82 Å². The molecule has 0 bridgehead atoms. The quantitative estimate of drug-likeness (QED) is 0.788. The molecule has 1 saturated heterocycles. The minimum absolute atomic E-state index is 0.132. The highest BCUT2D eigenvalue weighted by molar-refractivity contribution is 7.89. The fraction of sp³-hybridized carbons (Fsp3) is 0.375. The molecule has 0 unspecified atom stereocenters. The Labute approximate surface area is 157 Å². The number of anilines is 1. The number of rotatable bonds is 4. The van der Waals surface area contributed by atoms with E-state index in [-0.39, 0.29) is 10.9 Å². The standard InChI is InChI=1S/C16H18Cl2N4O2S/c1-21(16-2-5-19-11-20-16)14-3-6-22(7-4-14)25(23,24)15-9-12(17)8-13(18)10-15/h2,5,8-11,14H,3-4,6-7H2,1H3. The van der Waals surface area contributed by atoms with Gasteiger partial charge in [-0.2, -0.15) is 4.31 Å². The van der Waals surface area contributed by atoms with Crippen LogP contribution in [0.3, 0.4) is 0 Å². The van der Waals surface area contributed by atoms with Crippen molar-refractivity contribution in [2.45, 2.75) is 23.8 Å². The molecule has 3 rings (SSSR count). The number of nitrogens with zero attached hydrogens (tertiary/aromatic N) is 4. The zero-order valence-corrected chi connectivity index (χ0v) is 16.0. The van der Waals surface area contributed by atoms with E-state index in [2.05, 4.69) is 14.9 Å². The van der Waals surface area contributed by atoms with Gasteiger partial charge in [-0.1, -0.05) is 23.2 Å². The third-order valence-corrected chi connectivity index (χ3v) is 6.69. The zero-order valence-electron chi connectivity index (χ0n) is 13.6. The summed E-state index contributed by atoms with van der Waals surface area (Å²) < 4.78 is 27.1. The average molecular weight is 401 g/mol. The van der Waals surface area contributed by atoms with Crippen LogP contribution >= 0.6 is 23.2 Å². The summed E-state index contributed by atoms with van der Waals surface area (Å²) in [6.07, 6.45) is 4.64. The molecule has 0 atom stereocenters. The molecule has 1 aliphatic heterocycles. The highest BCUT2D eigenvalue weighted by atomic mass is 35.5. The van der Waals surface area contributed by atoms with Crippen molar-refractivity contribution in [1.82, 2.24) is 14.3 Å². The minimum Gasteiger partial charge on any atom is -0.356 e. The molecule has 1 aromatic carbocycles. The Morgan fingerprint density at radius 1 is 1.16 bits per heavy atom. The maximum absolute atomic E-state index is 12.8. The van der Waals surface area contributed by atoms with E-state index < -0.39 is 10.0 Å². The van der Waals surface area contributed by atoms with Crippen molar-refractivity contribution < 1.29 is 8.42 Å². The van der Waals surface area contributed by atoms with Gasteiger partial charge >= 0.3 is 0 Å². The van der Waals surface area contributed by atoms with Crippen LogP contribution in [0.5, 0.6) is 0 Å². The predicted octanol–water partition coefficient (Wildman–Crippen LogP) is 3.07. The molecular weight excluding hydrogens is 383 g/mol. The van der Waals surface area contributed by atoms with Gasteiger partial charge in [0.2, 0.25) is 10.0 Å². The number of aromatic nitrogens is 2. The molecule has 0 aliphatic carbocycles. The smallest absolute Gasteiger partial charge is 0.243 e. The maximum atomic E-state index is 12.8. The number of halogens is 2. The third kappa shape index (κ3) is 4.06. The van der Waals surface area contributed by atoms with Crippen LogP contribution in [0.1, 0.15) is 12.8 Å². The number of piperidine rings is 1. The normalized spacial score (nSPS) is 16.8. The molecule has 1 fully saturated rings. The number of hydrogen-bond donors (Lipinski definition) is 0. The van der Waals surface area contributed by atoms with Crippen molar-refractivity contribution >= 4 is 39.0 Å². The van der Waals surface area contributed by atoms with Crippen LogP contribution in [-0.2, 0) is 10.0 Å². The van der Waals surface area contributed by atoms with E-state index >= 15 is 0 Å². The lowest BCUT2D eigenvalue weighted by molar-refractivity contribution is 0.314. The lowest BCUT2D eigenvalue weighted by atomic mass is 10.1. The molecule has 0 radical (unpaired) electrons. The molecule has 9 heteroatoms. The van der Waals surface area contributed by atoms with Crippen molar-refractivity contribution in [3.8, 4) is 0 Å². The van der Waals surface area contributed by atoms with E-state index in [4.69, 9.17) is 23.2 Å². The number of sulfonamides is 1. The molecule has 0 N–H and O–H groups in total. The fourth-order valence-corrected chi connectivity index (χ4v) is 5.17.